The van der Waals surface area contributed by atoms with Crippen LogP contribution >= 0.6 is 0 Å². The number of β-amino-alcohol motifs (C(OH)–C–C–N with tert-alkyl or cyclic N) is 1. The molecule has 2 N–H and O–H groups in total. The largest absolute Gasteiger partial charge is 0.508 e. The number of phenolic OH excluding ortho intramolecular Hbond substituents is 1. The van der Waals surface area contributed by atoms with Gasteiger partial charge in [-0.05, 0) is 24.1 Å². The normalized spacial score (nSPS) is 22.8. The van der Waals surface area contributed by atoms with Gasteiger partial charge in [0, 0.05) is 19.6 Å². The summed E-state index contributed by atoms with van der Waals surface area (Å²) in [6.45, 7) is 2.58. The van der Waals surface area contributed by atoms with E-state index in [4.69, 9.17) is 5.11 Å². The van der Waals surface area contributed by atoms with Crippen LogP contribution in [0.1, 0.15) is 12.0 Å². The van der Waals surface area contributed by atoms with Crippen molar-refractivity contribution < 1.29 is 10.2 Å². The van der Waals surface area contributed by atoms with Gasteiger partial charge in [-0.15, -0.1) is 0 Å². The zero-order valence-corrected chi connectivity index (χ0v) is 8.06. The number of hydrogen-bond acceptors (Lipinski definition) is 3. The minimum atomic E-state index is -0.160. The molecule has 0 saturated carbocycles. The maximum atomic E-state index is 9.34. The summed E-state index contributed by atoms with van der Waals surface area (Å²) in [5.41, 5.74) is 1.18. The van der Waals surface area contributed by atoms with Crippen molar-refractivity contribution >= 4 is 0 Å². The highest BCUT2D eigenvalue weighted by molar-refractivity contribution is 5.25. The molecular formula is C11H15NO2. The number of benzene rings is 1. The SMILES string of the molecule is Oc1ccc(CN2CC[C@@H](O)C2)cc1. The van der Waals surface area contributed by atoms with E-state index < -0.39 is 0 Å². The van der Waals surface area contributed by atoms with E-state index in [1.54, 1.807) is 12.1 Å². The predicted molar refractivity (Wildman–Crippen MR) is 54.0 cm³/mol. The van der Waals surface area contributed by atoms with Crippen molar-refractivity contribution in [1.82, 2.24) is 4.90 Å². The molecule has 1 aromatic rings. The van der Waals surface area contributed by atoms with Gasteiger partial charge < -0.3 is 10.2 Å². The first-order valence-corrected chi connectivity index (χ1v) is 4.92. The fourth-order valence-corrected chi connectivity index (χ4v) is 1.82. The highest BCUT2D eigenvalue weighted by atomic mass is 16.3. The maximum absolute atomic E-state index is 9.34. The van der Waals surface area contributed by atoms with Gasteiger partial charge >= 0.3 is 0 Å². The molecule has 3 nitrogen and oxygen atoms in total. The number of nitrogens with zero attached hydrogens (tertiary/aromatic N) is 1. The highest BCUT2D eigenvalue weighted by Gasteiger charge is 2.19. The van der Waals surface area contributed by atoms with Crippen molar-refractivity contribution in [3.05, 3.63) is 29.8 Å². The van der Waals surface area contributed by atoms with Gasteiger partial charge in [-0.1, -0.05) is 12.1 Å². The summed E-state index contributed by atoms with van der Waals surface area (Å²) in [6, 6.07) is 7.23. The number of rotatable bonds is 2. The van der Waals surface area contributed by atoms with Crippen LogP contribution in [-0.4, -0.2) is 34.3 Å². The number of aliphatic hydroxyl groups excluding tert-OH is 1. The molecule has 3 heteroatoms. The van der Waals surface area contributed by atoms with Crippen molar-refractivity contribution in [2.24, 2.45) is 0 Å². The van der Waals surface area contributed by atoms with E-state index in [1.165, 1.54) is 5.56 Å². The first kappa shape index (κ1) is 9.49. The summed E-state index contributed by atoms with van der Waals surface area (Å²) in [7, 11) is 0. The van der Waals surface area contributed by atoms with Gasteiger partial charge in [0.2, 0.25) is 0 Å². The molecule has 0 spiro atoms. The predicted octanol–water partition coefficient (Wildman–Crippen LogP) is 0.959. The van der Waals surface area contributed by atoms with E-state index in [-0.39, 0.29) is 6.10 Å². The number of aromatic hydroxyl groups is 1. The molecule has 0 aliphatic carbocycles. The van der Waals surface area contributed by atoms with Crippen LogP contribution in [0.5, 0.6) is 5.75 Å². The van der Waals surface area contributed by atoms with Crippen molar-refractivity contribution in [1.29, 1.82) is 0 Å². The second-order valence-electron chi connectivity index (χ2n) is 3.84. The Hall–Kier alpha value is -1.06. The third-order valence-corrected chi connectivity index (χ3v) is 2.59. The Bertz CT molecular complexity index is 297. The van der Waals surface area contributed by atoms with Gasteiger partial charge in [-0.3, -0.25) is 4.90 Å². The number of phenols is 1. The molecule has 2 rings (SSSR count). The van der Waals surface area contributed by atoms with E-state index in [9.17, 15) is 5.11 Å². The molecule has 1 heterocycles. The van der Waals surface area contributed by atoms with Crippen molar-refractivity contribution in [3.8, 4) is 5.75 Å². The van der Waals surface area contributed by atoms with Crippen LogP contribution in [0, 0.1) is 0 Å². The summed E-state index contributed by atoms with van der Waals surface area (Å²) in [5, 5.41) is 18.4. The van der Waals surface area contributed by atoms with E-state index in [0.717, 1.165) is 26.1 Å². The Morgan fingerprint density at radius 3 is 2.57 bits per heavy atom. The minimum absolute atomic E-state index is 0.160. The lowest BCUT2D eigenvalue weighted by molar-refractivity contribution is 0.175. The molecular weight excluding hydrogens is 178 g/mol. The van der Waals surface area contributed by atoms with Crippen molar-refractivity contribution in [3.63, 3.8) is 0 Å². The summed E-state index contributed by atoms with van der Waals surface area (Å²) in [4.78, 5) is 2.22. The number of aliphatic hydroxyl groups is 1. The maximum Gasteiger partial charge on any atom is 0.115 e. The lowest BCUT2D eigenvalue weighted by atomic mass is 10.2. The topological polar surface area (TPSA) is 43.7 Å². The number of likely N-dealkylation sites (tertiary alicyclic amines) is 1. The Morgan fingerprint density at radius 2 is 2.00 bits per heavy atom. The molecule has 1 fully saturated rings. The second-order valence-corrected chi connectivity index (χ2v) is 3.84. The van der Waals surface area contributed by atoms with Crippen LogP contribution in [0.2, 0.25) is 0 Å². The van der Waals surface area contributed by atoms with Gasteiger partial charge in [-0.2, -0.15) is 0 Å². The molecule has 76 valence electrons. The Kier molecular flexibility index (Phi) is 2.70. The zero-order chi connectivity index (χ0) is 9.97. The van der Waals surface area contributed by atoms with Crippen molar-refractivity contribution in [2.45, 2.75) is 19.1 Å². The smallest absolute Gasteiger partial charge is 0.115 e. The third kappa shape index (κ3) is 2.25. The second kappa shape index (κ2) is 3.98. The fraction of sp³-hybridized carbons (Fsp3) is 0.455. The van der Waals surface area contributed by atoms with Crippen LogP contribution in [-0.2, 0) is 6.54 Å². The van der Waals surface area contributed by atoms with Crippen LogP contribution < -0.4 is 0 Å². The van der Waals surface area contributed by atoms with Gasteiger partial charge in [0.25, 0.3) is 0 Å². The van der Waals surface area contributed by atoms with E-state index in [2.05, 4.69) is 4.90 Å². The first-order valence-electron chi connectivity index (χ1n) is 4.92. The molecule has 1 aromatic carbocycles. The third-order valence-electron chi connectivity index (χ3n) is 2.59. The molecule has 0 amide bonds. The van der Waals surface area contributed by atoms with Gasteiger partial charge in [0.15, 0.2) is 0 Å². The van der Waals surface area contributed by atoms with E-state index in [1.807, 2.05) is 12.1 Å². The van der Waals surface area contributed by atoms with Crippen LogP contribution in [0.3, 0.4) is 0 Å². The van der Waals surface area contributed by atoms with Crippen LogP contribution in [0.25, 0.3) is 0 Å². The molecule has 1 atom stereocenters. The van der Waals surface area contributed by atoms with Gasteiger partial charge in [0.05, 0.1) is 6.10 Å². The Balaban J connectivity index is 1.94. The average molecular weight is 193 g/mol. The molecule has 0 bridgehead atoms. The molecule has 14 heavy (non-hydrogen) atoms. The molecule has 1 aliphatic rings. The monoisotopic (exact) mass is 193 g/mol. The quantitative estimate of drug-likeness (QED) is 0.735. The standard InChI is InChI=1S/C11H15NO2/c13-10-3-1-9(2-4-10)7-12-6-5-11(14)8-12/h1-4,11,13-14H,5-8H2/t11-/m1/s1. The molecule has 0 radical (unpaired) electrons. The average Bonchev–Trinajstić information content (AvgIpc) is 2.56. The zero-order valence-electron chi connectivity index (χ0n) is 8.06. The lowest BCUT2D eigenvalue weighted by Crippen LogP contribution is -2.21. The molecule has 0 unspecified atom stereocenters. The Morgan fingerprint density at radius 1 is 1.29 bits per heavy atom. The molecule has 1 aliphatic heterocycles. The van der Waals surface area contributed by atoms with Gasteiger partial charge in [0.1, 0.15) is 5.75 Å². The molecule has 1 saturated heterocycles. The highest BCUT2D eigenvalue weighted by Crippen LogP contribution is 2.15. The lowest BCUT2D eigenvalue weighted by Gasteiger charge is -2.14. The number of hydrogen-bond donors (Lipinski definition) is 2. The molecule has 0 aromatic heterocycles. The Labute approximate surface area is 83.6 Å². The first-order chi connectivity index (χ1) is 6.74. The van der Waals surface area contributed by atoms with E-state index >= 15 is 0 Å². The van der Waals surface area contributed by atoms with E-state index in [0.29, 0.717) is 5.75 Å². The summed E-state index contributed by atoms with van der Waals surface area (Å²) >= 11 is 0. The minimum Gasteiger partial charge on any atom is -0.508 e. The summed E-state index contributed by atoms with van der Waals surface area (Å²) in [5.74, 6) is 0.301. The van der Waals surface area contributed by atoms with Crippen LogP contribution in [0.4, 0.5) is 0 Å². The summed E-state index contributed by atoms with van der Waals surface area (Å²) < 4.78 is 0. The van der Waals surface area contributed by atoms with Crippen molar-refractivity contribution in [2.75, 3.05) is 13.1 Å². The van der Waals surface area contributed by atoms with Gasteiger partial charge in [-0.25, -0.2) is 0 Å². The van der Waals surface area contributed by atoms with Crippen LogP contribution in [0.15, 0.2) is 24.3 Å². The fourth-order valence-electron chi connectivity index (χ4n) is 1.82. The summed E-state index contributed by atoms with van der Waals surface area (Å²) in [6.07, 6.45) is 0.713.